The van der Waals surface area contributed by atoms with Crippen molar-refractivity contribution >= 4 is 17.6 Å². The van der Waals surface area contributed by atoms with Gasteiger partial charge in [-0.25, -0.2) is 4.79 Å². The smallest absolute Gasteiger partial charge is 0.321 e. The highest BCUT2D eigenvalue weighted by Gasteiger charge is 2.30. The van der Waals surface area contributed by atoms with Crippen LogP contribution in [0.3, 0.4) is 0 Å². The number of carbonyl (C=O) groups excluding carboxylic acids is 2. The van der Waals surface area contributed by atoms with E-state index in [-0.39, 0.29) is 17.9 Å². The van der Waals surface area contributed by atoms with Crippen LogP contribution in [0.4, 0.5) is 10.5 Å². The maximum Gasteiger partial charge on any atom is 0.321 e. The molecule has 1 saturated heterocycles. The van der Waals surface area contributed by atoms with Crippen molar-refractivity contribution in [3.8, 4) is 0 Å². The van der Waals surface area contributed by atoms with Crippen molar-refractivity contribution in [1.82, 2.24) is 10.2 Å². The van der Waals surface area contributed by atoms with E-state index in [0.717, 1.165) is 24.1 Å². The summed E-state index contributed by atoms with van der Waals surface area (Å²) in [6.07, 6.45) is 1.61. The van der Waals surface area contributed by atoms with Gasteiger partial charge in [-0.15, -0.1) is 0 Å². The fourth-order valence-electron chi connectivity index (χ4n) is 2.79. The van der Waals surface area contributed by atoms with Crippen LogP contribution in [0.15, 0.2) is 24.3 Å². The first-order valence-corrected chi connectivity index (χ1v) is 8.45. The molecule has 0 radical (unpaired) electrons. The third-order valence-electron chi connectivity index (χ3n) is 4.32. The van der Waals surface area contributed by atoms with Gasteiger partial charge in [-0.2, -0.15) is 0 Å². The second-order valence-corrected chi connectivity index (χ2v) is 7.16. The zero-order chi connectivity index (χ0) is 17.7. The molecular weight excluding hydrogens is 304 g/mol. The molecule has 0 saturated carbocycles. The van der Waals surface area contributed by atoms with Gasteiger partial charge in [-0.05, 0) is 51.3 Å². The number of piperidine rings is 1. The molecule has 6 nitrogen and oxygen atoms in total. The van der Waals surface area contributed by atoms with Gasteiger partial charge in [0.1, 0.15) is 0 Å². The van der Waals surface area contributed by atoms with E-state index < -0.39 is 5.54 Å². The monoisotopic (exact) mass is 332 g/mol. The number of hydrogen-bond acceptors (Lipinski definition) is 3. The Morgan fingerprint density at radius 2 is 2.12 bits per heavy atom. The average Bonchev–Trinajstić information content (AvgIpc) is 2.54. The summed E-state index contributed by atoms with van der Waals surface area (Å²) in [5, 5.41) is 5.88. The molecule has 4 N–H and O–H groups in total. The van der Waals surface area contributed by atoms with Gasteiger partial charge in [-0.3, -0.25) is 4.79 Å². The molecule has 132 valence electrons. The van der Waals surface area contributed by atoms with Crippen LogP contribution in [0.1, 0.15) is 32.3 Å². The summed E-state index contributed by atoms with van der Waals surface area (Å²) in [6.45, 7) is 7.26. The highest BCUT2D eigenvalue weighted by molar-refractivity contribution is 5.90. The number of nitrogens with zero attached hydrogens (tertiary/aromatic N) is 1. The maximum absolute atomic E-state index is 12.5. The first-order valence-electron chi connectivity index (χ1n) is 8.45. The Morgan fingerprint density at radius 3 is 2.79 bits per heavy atom. The standard InChI is InChI=1S/C18H28N4O2/c1-13-6-4-8-15(10-13)20-17(24)22-9-5-7-14(11-22)16(23)21-18(2,3)12-19/h4,6,8,10,14H,5,7,9,11-12,19H2,1-3H3,(H,20,24)(H,21,23). The minimum absolute atomic E-state index is 0.0292. The number of rotatable bonds is 4. The van der Waals surface area contributed by atoms with Gasteiger partial charge in [0.25, 0.3) is 0 Å². The van der Waals surface area contributed by atoms with Gasteiger partial charge in [0.2, 0.25) is 5.91 Å². The Bertz CT molecular complexity index is 600. The van der Waals surface area contributed by atoms with Crippen molar-refractivity contribution in [2.45, 2.75) is 39.2 Å². The predicted molar refractivity (Wildman–Crippen MR) is 95.8 cm³/mol. The van der Waals surface area contributed by atoms with Crippen LogP contribution in [0.2, 0.25) is 0 Å². The number of amides is 3. The second-order valence-electron chi connectivity index (χ2n) is 7.16. The lowest BCUT2D eigenvalue weighted by Crippen LogP contribution is -2.54. The average molecular weight is 332 g/mol. The van der Waals surface area contributed by atoms with Crippen LogP contribution in [0.5, 0.6) is 0 Å². The molecule has 3 amide bonds. The van der Waals surface area contributed by atoms with Crippen LogP contribution in [0.25, 0.3) is 0 Å². The quantitative estimate of drug-likeness (QED) is 0.789. The van der Waals surface area contributed by atoms with Crippen LogP contribution in [0, 0.1) is 12.8 Å². The number of benzene rings is 1. The summed E-state index contributed by atoms with van der Waals surface area (Å²) in [7, 11) is 0. The third kappa shape index (κ3) is 4.96. The van der Waals surface area contributed by atoms with Crippen molar-refractivity contribution in [3.63, 3.8) is 0 Å². The summed E-state index contributed by atoms with van der Waals surface area (Å²) < 4.78 is 0. The first-order chi connectivity index (χ1) is 11.3. The Balaban J connectivity index is 1.94. The lowest BCUT2D eigenvalue weighted by Gasteiger charge is -2.34. The van der Waals surface area contributed by atoms with E-state index >= 15 is 0 Å². The van der Waals surface area contributed by atoms with E-state index in [4.69, 9.17) is 5.73 Å². The molecule has 0 aliphatic carbocycles. The Labute approximate surface area is 143 Å². The Kier molecular flexibility index (Phi) is 5.83. The minimum atomic E-state index is -0.427. The lowest BCUT2D eigenvalue weighted by molar-refractivity contribution is -0.127. The van der Waals surface area contributed by atoms with Crippen molar-refractivity contribution < 1.29 is 9.59 Å². The number of nitrogens with one attached hydrogen (secondary N) is 2. The number of aryl methyl sites for hydroxylation is 1. The molecule has 0 aromatic heterocycles. The van der Waals surface area contributed by atoms with Crippen molar-refractivity contribution in [2.24, 2.45) is 11.7 Å². The molecule has 1 fully saturated rings. The van der Waals surface area contributed by atoms with Gasteiger partial charge >= 0.3 is 6.03 Å². The summed E-state index contributed by atoms with van der Waals surface area (Å²) in [6, 6.07) is 7.53. The lowest BCUT2D eigenvalue weighted by atomic mass is 9.95. The number of carbonyl (C=O) groups is 2. The van der Waals surface area contributed by atoms with Crippen LogP contribution in [-0.2, 0) is 4.79 Å². The highest BCUT2D eigenvalue weighted by atomic mass is 16.2. The molecule has 24 heavy (non-hydrogen) atoms. The van der Waals surface area contributed by atoms with Crippen molar-refractivity contribution in [2.75, 3.05) is 25.0 Å². The molecule has 1 aliphatic rings. The molecule has 1 aromatic carbocycles. The highest BCUT2D eigenvalue weighted by Crippen LogP contribution is 2.19. The fraction of sp³-hybridized carbons (Fsp3) is 0.556. The fourth-order valence-corrected chi connectivity index (χ4v) is 2.79. The molecule has 0 spiro atoms. The van der Waals surface area contributed by atoms with Crippen molar-refractivity contribution in [1.29, 1.82) is 0 Å². The number of nitrogens with two attached hydrogens (primary N) is 1. The molecule has 1 aliphatic heterocycles. The molecule has 2 rings (SSSR count). The number of urea groups is 1. The zero-order valence-corrected chi connectivity index (χ0v) is 14.8. The summed E-state index contributed by atoms with van der Waals surface area (Å²) in [5.74, 6) is -0.216. The summed E-state index contributed by atoms with van der Waals surface area (Å²) >= 11 is 0. The molecule has 0 bridgehead atoms. The number of anilines is 1. The van der Waals surface area contributed by atoms with Gasteiger partial charge in [0.05, 0.1) is 5.92 Å². The molecule has 1 aromatic rings. The van der Waals surface area contributed by atoms with Gasteiger partial charge < -0.3 is 21.3 Å². The van der Waals surface area contributed by atoms with E-state index in [1.807, 2.05) is 45.0 Å². The van der Waals surface area contributed by atoms with Crippen molar-refractivity contribution in [3.05, 3.63) is 29.8 Å². The third-order valence-corrected chi connectivity index (χ3v) is 4.32. The van der Waals surface area contributed by atoms with Gasteiger partial charge in [0, 0.05) is 30.9 Å². The van der Waals surface area contributed by atoms with E-state index in [1.165, 1.54) is 0 Å². The van der Waals surface area contributed by atoms with Gasteiger partial charge in [0.15, 0.2) is 0 Å². The Hall–Kier alpha value is -2.08. The first kappa shape index (κ1) is 18.3. The van der Waals surface area contributed by atoms with E-state index in [2.05, 4.69) is 10.6 Å². The predicted octanol–water partition coefficient (Wildman–Crippen LogP) is 2.09. The summed E-state index contributed by atoms with van der Waals surface area (Å²) in [5.41, 5.74) is 7.11. The molecule has 1 atom stereocenters. The molecule has 1 heterocycles. The number of likely N-dealkylation sites (tertiary alicyclic amines) is 1. The maximum atomic E-state index is 12.5. The Morgan fingerprint density at radius 1 is 1.38 bits per heavy atom. The summed E-state index contributed by atoms with van der Waals surface area (Å²) in [4.78, 5) is 26.6. The minimum Gasteiger partial charge on any atom is -0.350 e. The van der Waals surface area contributed by atoms with Crippen LogP contribution in [-0.4, -0.2) is 42.0 Å². The molecule has 6 heteroatoms. The van der Waals surface area contributed by atoms with E-state index in [9.17, 15) is 9.59 Å². The van der Waals surface area contributed by atoms with E-state index in [0.29, 0.717) is 19.6 Å². The molecule has 1 unspecified atom stereocenters. The zero-order valence-electron chi connectivity index (χ0n) is 14.8. The topological polar surface area (TPSA) is 87.5 Å². The number of hydrogen-bond donors (Lipinski definition) is 3. The largest absolute Gasteiger partial charge is 0.350 e. The second kappa shape index (κ2) is 7.66. The van der Waals surface area contributed by atoms with Crippen LogP contribution >= 0.6 is 0 Å². The SMILES string of the molecule is Cc1cccc(NC(=O)N2CCCC(C(=O)NC(C)(C)CN)C2)c1. The van der Waals surface area contributed by atoms with E-state index in [1.54, 1.807) is 4.90 Å². The van der Waals surface area contributed by atoms with Gasteiger partial charge in [-0.1, -0.05) is 12.1 Å². The molecular formula is C18H28N4O2. The van der Waals surface area contributed by atoms with Crippen LogP contribution < -0.4 is 16.4 Å². The normalized spacial score (nSPS) is 18.2.